The predicted molar refractivity (Wildman–Crippen MR) is 91.7 cm³/mol. The number of primary amides is 1. The number of ether oxygens (including phenoxy) is 2. The van der Waals surface area contributed by atoms with Crippen LogP contribution in [0.15, 0.2) is 24.3 Å². The van der Waals surface area contributed by atoms with Gasteiger partial charge in [-0.3, -0.25) is 9.59 Å². The van der Waals surface area contributed by atoms with Crippen LogP contribution >= 0.6 is 0 Å². The number of piperidine rings is 1. The third kappa shape index (κ3) is 4.50. The summed E-state index contributed by atoms with van der Waals surface area (Å²) in [5, 5.41) is 0. The Balaban J connectivity index is 1.99. The summed E-state index contributed by atoms with van der Waals surface area (Å²) in [6, 6.07) is 5.52. The molecule has 0 radical (unpaired) electrons. The highest BCUT2D eigenvalue weighted by Crippen LogP contribution is 2.28. The molecule has 1 saturated heterocycles. The van der Waals surface area contributed by atoms with E-state index in [1.807, 2.05) is 25.1 Å². The Bertz CT molecular complexity index is 619. The van der Waals surface area contributed by atoms with Crippen molar-refractivity contribution in [3.05, 3.63) is 29.8 Å². The molecule has 0 saturated carbocycles. The molecule has 0 spiro atoms. The topological polar surface area (TPSA) is 81.9 Å². The van der Waals surface area contributed by atoms with E-state index in [0.29, 0.717) is 44.0 Å². The molecule has 1 aromatic rings. The number of methoxy groups -OCH3 is 1. The predicted octanol–water partition coefficient (Wildman–Crippen LogP) is 1.83. The van der Waals surface area contributed by atoms with Crippen molar-refractivity contribution >= 4 is 17.9 Å². The van der Waals surface area contributed by atoms with Crippen LogP contribution in [-0.4, -0.2) is 43.5 Å². The second kappa shape index (κ2) is 8.38. The van der Waals surface area contributed by atoms with Gasteiger partial charge >= 0.3 is 0 Å². The zero-order chi connectivity index (χ0) is 17.5. The molecule has 1 heterocycles. The number of benzene rings is 1. The van der Waals surface area contributed by atoms with Crippen molar-refractivity contribution in [2.45, 2.75) is 19.8 Å². The van der Waals surface area contributed by atoms with E-state index >= 15 is 0 Å². The lowest BCUT2D eigenvalue weighted by atomic mass is 9.96. The summed E-state index contributed by atoms with van der Waals surface area (Å²) in [4.78, 5) is 25.1. The Morgan fingerprint density at radius 3 is 2.58 bits per heavy atom. The van der Waals surface area contributed by atoms with Gasteiger partial charge in [-0.05, 0) is 43.5 Å². The van der Waals surface area contributed by atoms with Gasteiger partial charge in [0.2, 0.25) is 11.8 Å². The summed E-state index contributed by atoms with van der Waals surface area (Å²) in [5.74, 6) is 0.852. The summed E-state index contributed by atoms with van der Waals surface area (Å²) in [6.07, 6.45) is 4.56. The normalized spacial score (nSPS) is 15.5. The first kappa shape index (κ1) is 17.8. The molecule has 130 valence electrons. The molecule has 6 nitrogen and oxygen atoms in total. The SMILES string of the molecule is CCOc1cc(/C=C/C(=O)N2CCC(C(N)=O)CC2)ccc1OC. The maximum Gasteiger partial charge on any atom is 0.246 e. The first-order chi connectivity index (χ1) is 11.5. The maximum atomic E-state index is 12.2. The smallest absolute Gasteiger partial charge is 0.246 e. The first-order valence-electron chi connectivity index (χ1n) is 8.12. The zero-order valence-corrected chi connectivity index (χ0v) is 14.2. The summed E-state index contributed by atoms with van der Waals surface area (Å²) < 4.78 is 10.8. The molecule has 0 atom stereocenters. The van der Waals surface area contributed by atoms with E-state index < -0.39 is 0 Å². The molecular formula is C18H24N2O4. The second-order valence-electron chi connectivity index (χ2n) is 5.68. The lowest BCUT2D eigenvalue weighted by Crippen LogP contribution is -2.41. The fraction of sp³-hybridized carbons (Fsp3) is 0.444. The van der Waals surface area contributed by atoms with E-state index in [9.17, 15) is 9.59 Å². The van der Waals surface area contributed by atoms with Gasteiger partial charge in [0.1, 0.15) is 0 Å². The zero-order valence-electron chi connectivity index (χ0n) is 14.2. The maximum absolute atomic E-state index is 12.2. The number of rotatable bonds is 6. The van der Waals surface area contributed by atoms with Gasteiger partial charge in [0.05, 0.1) is 13.7 Å². The Morgan fingerprint density at radius 1 is 1.29 bits per heavy atom. The highest BCUT2D eigenvalue weighted by molar-refractivity contribution is 5.92. The van der Waals surface area contributed by atoms with Gasteiger partial charge in [-0.1, -0.05) is 6.07 Å². The van der Waals surface area contributed by atoms with E-state index in [0.717, 1.165) is 5.56 Å². The number of carbonyl (C=O) groups is 2. The van der Waals surface area contributed by atoms with Crippen LogP contribution in [0.25, 0.3) is 6.08 Å². The van der Waals surface area contributed by atoms with Crippen LogP contribution in [0.2, 0.25) is 0 Å². The van der Waals surface area contributed by atoms with Crippen molar-refractivity contribution in [2.75, 3.05) is 26.8 Å². The lowest BCUT2D eigenvalue weighted by molar-refractivity contribution is -0.130. The van der Waals surface area contributed by atoms with Gasteiger partial charge in [0.15, 0.2) is 11.5 Å². The lowest BCUT2D eigenvalue weighted by Gasteiger charge is -2.29. The van der Waals surface area contributed by atoms with Crippen molar-refractivity contribution in [1.29, 1.82) is 0 Å². The Hall–Kier alpha value is -2.50. The molecule has 1 aliphatic heterocycles. The van der Waals surface area contributed by atoms with Crippen molar-refractivity contribution in [2.24, 2.45) is 11.7 Å². The number of nitrogens with two attached hydrogens (primary N) is 1. The minimum absolute atomic E-state index is 0.0632. The summed E-state index contributed by atoms with van der Waals surface area (Å²) in [5.41, 5.74) is 6.17. The minimum atomic E-state index is -0.278. The van der Waals surface area contributed by atoms with Gasteiger partial charge in [0, 0.05) is 25.1 Å². The van der Waals surface area contributed by atoms with Crippen molar-refractivity contribution in [1.82, 2.24) is 4.90 Å². The fourth-order valence-corrected chi connectivity index (χ4v) is 2.72. The van der Waals surface area contributed by atoms with Gasteiger partial charge in [-0.15, -0.1) is 0 Å². The average molecular weight is 332 g/mol. The molecule has 6 heteroatoms. The van der Waals surface area contributed by atoms with Crippen molar-refractivity contribution in [3.63, 3.8) is 0 Å². The Labute approximate surface area is 142 Å². The molecule has 0 bridgehead atoms. The summed E-state index contributed by atoms with van der Waals surface area (Å²) in [6.45, 7) is 3.56. The number of hydrogen-bond donors (Lipinski definition) is 1. The van der Waals surface area contributed by atoms with Crippen molar-refractivity contribution < 1.29 is 19.1 Å². The molecule has 1 fully saturated rings. The van der Waals surface area contributed by atoms with Crippen LogP contribution in [0, 0.1) is 5.92 Å². The van der Waals surface area contributed by atoms with E-state index in [1.54, 1.807) is 24.2 Å². The molecule has 1 aromatic carbocycles. The quantitative estimate of drug-likeness (QED) is 0.806. The van der Waals surface area contributed by atoms with Crippen LogP contribution in [0.1, 0.15) is 25.3 Å². The van der Waals surface area contributed by atoms with Crippen molar-refractivity contribution in [3.8, 4) is 11.5 Å². The van der Waals surface area contributed by atoms with E-state index in [-0.39, 0.29) is 17.7 Å². The summed E-state index contributed by atoms with van der Waals surface area (Å²) in [7, 11) is 1.59. The van der Waals surface area contributed by atoms with Gasteiger partial charge in [-0.2, -0.15) is 0 Å². The molecule has 24 heavy (non-hydrogen) atoms. The van der Waals surface area contributed by atoms with Crippen LogP contribution in [0.3, 0.4) is 0 Å². The van der Waals surface area contributed by atoms with E-state index in [2.05, 4.69) is 0 Å². The number of likely N-dealkylation sites (tertiary alicyclic amines) is 1. The van der Waals surface area contributed by atoms with Crippen LogP contribution < -0.4 is 15.2 Å². The highest BCUT2D eigenvalue weighted by atomic mass is 16.5. The Kier molecular flexibility index (Phi) is 6.23. The molecule has 0 unspecified atom stereocenters. The van der Waals surface area contributed by atoms with Gasteiger partial charge < -0.3 is 20.1 Å². The first-order valence-corrected chi connectivity index (χ1v) is 8.12. The summed E-state index contributed by atoms with van der Waals surface area (Å²) >= 11 is 0. The van der Waals surface area contributed by atoms with Gasteiger partial charge in [0.25, 0.3) is 0 Å². The molecule has 0 aliphatic carbocycles. The number of nitrogens with zero attached hydrogens (tertiary/aromatic N) is 1. The molecule has 2 amide bonds. The monoisotopic (exact) mass is 332 g/mol. The second-order valence-corrected chi connectivity index (χ2v) is 5.68. The van der Waals surface area contributed by atoms with E-state index in [1.165, 1.54) is 0 Å². The molecule has 2 rings (SSSR count). The number of amides is 2. The standard InChI is InChI=1S/C18H24N2O4/c1-3-24-16-12-13(4-6-15(16)23-2)5-7-17(21)20-10-8-14(9-11-20)18(19)22/h4-7,12,14H,3,8-11H2,1-2H3,(H2,19,22)/b7-5+. The Morgan fingerprint density at radius 2 is 2.00 bits per heavy atom. The number of carbonyl (C=O) groups excluding carboxylic acids is 2. The highest BCUT2D eigenvalue weighted by Gasteiger charge is 2.24. The van der Waals surface area contributed by atoms with Crippen LogP contribution in [0.5, 0.6) is 11.5 Å². The average Bonchev–Trinajstić information content (AvgIpc) is 2.60. The largest absolute Gasteiger partial charge is 0.493 e. The molecule has 0 aromatic heterocycles. The fourth-order valence-electron chi connectivity index (χ4n) is 2.72. The molecule has 1 aliphatic rings. The number of hydrogen-bond acceptors (Lipinski definition) is 4. The van der Waals surface area contributed by atoms with Crippen LogP contribution in [-0.2, 0) is 9.59 Å². The van der Waals surface area contributed by atoms with Gasteiger partial charge in [-0.25, -0.2) is 0 Å². The minimum Gasteiger partial charge on any atom is -0.493 e. The molecule has 2 N–H and O–H groups in total. The molecular weight excluding hydrogens is 308 g/mol. The van der Waals surface area contributed by atoms with Crippen LogP contribution in [0.4, 0.5) is 0 Å². The van der Waals surface area contributed by atoms with E-state index in [4.69, 9.17) is 15.2 Å². The third-order valence-electron chi connectivity index (χ3n) is 4.11. The third-order valence-corrected chi connectivity index (χ3v) is 4.11.